The maximum atomic E-state index is 14.0. The third-order valence-corrected chi connectivity index (χ3v) is 9.66. The lowest BCUT2D eigenvalue weighted by Crippen LogP contribution is -2.57. The molecule has 0 unspecified atom stereocenters. The Bertz CT molecular complexity index is 1410. The lowest BCUT2D eigenvalue weighted by molar-refractivity contribution is -0.193. The first kappa shape index (κ1) is 27.6. The van der Waals surface area contributed by atoms with E-state index >= 15 is 0 Å². The minimum Gasteiger partial charge on any atom is -0.487 e. The minimum absolute atomic E-state index is 0.00812. The second-order valence-electron chi connectivity index (χ2n) is 12.9. The highest BCUT2D eigenvalue weighted by Gasteiger charge is 2.53. The number of halogens is 2. The molecule has 3 aliphatic rings. The lowest BCUT2D eigenvalue weighted by Gasteiger charge is -2.54. The number of para-hydroxylation sites is 1. The van der Waals surface area contributed by atoms with Gasteiger partial charge in [-0.3, -0.25) is 4.79 Å². The van der Waals surface area contributed by atoms with E-state index in [2.05, 4.69) is 44.0 Å². The molecule has 1 aromatic heterocycles. The Morgan fingerprint density at radius 3 is 2.85 bits per heavy atom. The molecule has 0 bridgehead atoms. The second kappa shape index (κ2) is 10.4. The molecule has 0 saturated carbocycles. The second-order valence-corrected chi connectivity index (χ2v) is 14.0. The predicted molar refractivity (Wildman–Crippen MR) is 156 cm³/mol. The molecule has 1 amide bonds. The number of aryl methyl sites for hydroxylation is 1. The number of H-pyrrole nitrogens is 1. The quantitative estimate of drug-likeness (QED) is 0.314. The molecule has 7 heteroatoms. The monoisotopic (exact) mass is 566 g/mol. The number of nitrogens with one attached hydrogen (secondary N) is 1. The maximum Gasteiger partial charge on any atom is 0.227 e. The van der Waals surface area contributed by atoms with Gasteiger partial charge in [0.1, 0.15) is 17.2 Å². The number of benzene rings is 2. The largest absolute Gasteiger partial charge is 0.487 e. The van der Waals surface area contributed by atoms with E-state index in [4.69, 9.17) is 21.1 Å². The average molecular weight is 567 g/mol. The van der Waals surface area contributed by atoms with Gasteiger partial charge in [0.2, 0.25) is 5.91 Å². The fraction of sp³-hybridized carbons (Fsp3) is 0.545. The zero-order valence-corrected chi connectivity index (χ0v) is 24.7. The minimum atomic E-state index is -0.371. The normalized spacial score (nSPS) is 28.0. The molecule has 3 aliphatic heterocycles. The SMILES string of the molecule is Cc1[nH]c2ccc(F)cc2c1CC(=O)N1CC[C@@H]2O[C@@H]3c4ccccc4O[C@](C)(CCCC(C)(C)Cl)[C@H]3C[C@H]2C1. The highest BCUT2D eigenvalue weighted by Crippen LogP contribution is 2.54. The highest BCUT2D eigenvalue weighted by atomic mass is 35.5. The summed E-state index contributed by atoms with van der Waals surface area (Å²) in [5.41, 5.74) is 3.43. The summed E-state index contributed by atoms with van der Waals surface area (Å²) in [5.74, 6) is 1.16. The molecule has 0 radical (unpaired) electrons. The molecule has 5 atom stereocenters. The van der Waals surface area contributed by atoms with Crippen molar-refractivity contribution in [2.24, 2.45) is 11.8 Å². The van der Waals surface area contributed by atoms with Gasteiger partial charge in [-0.15, -0.1) is 11.6 Å². The first-order valence-corrected chi connectivity index (χ1v) is 15.1. The molecule has 5 nitrogen and oxygen atoms in total. The molecule has 1 N–H and O–H groups in total. The summed E-state index contributed by atoms with van der Waals surface area (Å²) in [6.45, 7) is 9.66. The number of nitrogens with zero attached hydrogens (tertiary/aromatic N) is 1. The van der Waals surface area contributed by atoms with Crippen LogP contribution in [0.3, 0.4) is 0 Å². The van der Waals surface area contributed by atoms with E-state index in [0.29, 0.717) is 13.1 Å². The number of alkyl halides is 1. The number of rotatable bonds is 6. The zero-order valence-electron chi connectivity index (χ0n) is 23.9. The van der Waals surface area contributed by atoms with E-state index in [1.807, 2.05) is 17.9 Å². The number of carbonyl (C=O) groups excluding carboxylic acids is 1. The average Bonchev–Trinajstić information content (AvgIpc) is 3.20. The van der Waals surface area contributed by atoms with Gasteiger partial charge in [0.05, 0.1) is 18.6 Å². The number of piperidine rings is 1. The number of aromatic amines is 1. The van der Waals surface area contributed by atoms with Gasteiger partial charge in [-0.25, -0.2) is 4.39 Å². The Hall–Kier alpha value is -2.57. The Balaban J connectivity index is 1.20. The van der Waals surface area contributed by atoms with Crippen molar-refractivity contribution in [2.45, 2.75) is 88.9 Å². The molecular weight excluding hydrogens is 527 g/mol. The van der Waals surface area contributed by atoms with Gasteiger partial charge in [-0.2, -0.15) is 0 Å². The molecule has 6 rings (SSSR count). The number of carbonyl (C=O) groups is 1. The standard InChI is InChI=1S/C33H40ClFN2O3/c1-20-24(25-17-22(35)10-11-27(25)36-20)18-30(38)37-15-12-28-21(19-37)16-26-31(39-28)23-8-5-6-9-29(23)40-33(26,4)14-7-13-32(2,3)34/h5-6,8-11,17,21,26,28,31,36H,7,12-16,18-19H2,1-4H3/t21-,26-,28-,31+,33+/m0/s1. The van der Waals surface area contributed by atoms with Gasteiger partial charge < -0.3 is 19.4 Å². The van der Waals surface area contributed by atoms with Crippen molar-refractivity contribution in [3.8, 4) is 5.75 Å². The zero-order chi connectivity index (χ0) is 28.2. The van der Waals surface area contributed by atoms with Gasteiger partial charge in [0.15, 0.2) is 0 Å². The highest BCUT2D eigenvalue weighted by molar-refractivity contribution is 6.23. The van der Waals surface area contributed by atoms with Crippen molar-refractivity contribution in [2.75, 3.05) is 13.1 Å². The van der Waals surface area contributed by atoms with Crippen molar-refractivity contribution < 1.29 is 18.7 Å². The maximum absolute atomic E-state index is 14.0. The van der Waals surface area contributed by atoms with Crippen LogP contribution in [0.5, 0.6) is 5.75 Å². The first-order chi connectivity index (χ1) is 19.0. The van der Waals surface area contributed by atoms with Crippen LogP contribution in [0.2, 0.25) is 0 Å². The van der Waals surface area contributed by atoms with Crippen LogP contribution in [0.1, 0.15) is 75.8 Å². The van der Waals surface area contributed by atoms with Gasteiger partial charge in [-0.05, 0) is 89.6 Å². The van der Waals surface area contributed by atoms with Gasteiger partial charge in [0, 0.05) is 52.0 Å². The van der Waals surface area contributed by atoms with E-state index < -0.39 is 0 Å². The van der Waals surface area contributed by atoms with Crippen LogP contribution < -0.4 is 4.74 Å². The summed E-state index contributed by atoms with van der Waals surface area (Å²) in [4.78, 5) is 18.6. The molecule has 214 valence electrons. The van der Waals surface area contributed by atoms with Crippen molar-refractivity contribution in [1.82, 2.24) is 9.88 Å². The topological polar surface area (TPSA) is 54.6 Å². The first-order valence-electron chi connectivity index (χ1n) is 14.7. The molecule has 3 aromatic rings. The Morgan fingerprint density at radius 2 is 2.05 bits per heavy atom. The van der Waals surface area contributed by atoms with Crippen LogP contribution in [0.15, 0.2) is 42.5 Å². The van der Waals surface area contributed by atoms with Crippen LogP contribution in [0.4, 0.5) is 4.39 Å². The number of fused-ring (bicyclic) bond motifs is 5. The molecular formula is C33H40ClFN2O3. The van der Waals surface area contributed by atoms with Crippen LogP contribution >= 0.6 is 11.6 Å². The van der Waals surface area contributed by atoms with E-state index in [1.54, 1.807) is 6.07 Å². The molecule has 2 saturated heterocycles. The molecule has 40 heavy (non-hydrogen) atoms. The van der Waals surface area contributed by atoms with E-state index in [9.17, 15) is 9.18 Å². The molecule has 0 spiro atoms. The van der Waals surface area contributed by atoms with Crippen LogP contribution in [-0.4, -0.2) is 45.5 Å². The Labute approximate surface area is 241 Å². The van der Waals surface area contributed by atoms with Gasteiger partial charge in [0.25, 0.3) is 0 Å². The third kappa shape index (κ3) is 5.25. The number of hydrogen-bond donors (Lipinski definition) is 1. The molecule has 2 fully saturated rings. The Morgan fingerprint density at radius 1 is 1.25 bits per heavy atom. The number of likely N-dealkylation sites (tertiary alicyclic amines) is 1. The van der Waals surface area contributed by atoms with Crippen LogP contribution in [0.25, 0.3) is 10.9 Å². The smallest absolute Gasteiger partial charge is 0.227 e. The summed E-state index contributed by atoms with van der Waals surface area (Å²) >= 11 is 6.53. The van der Waals surface area contributed by atoms with Crippen molar-refractivity contribution in [3.05, 3.63) is 65.1 Å². The molecule has 2 aromatic carbocycles. The summed E-state index contributed by atoms with van der Waals surface area (Å²) in [6.07, 6.45) is 4.94. The van der Waals surface area contributed by atoms with Crippen LogP contribution in [0, 0.1) is 24.6 Å². The lowest BCUT2D eigenvalue weighted by atomic mass is 9.68. The van der Waals surface area contributed by atoms with Crippen molar-refractivity contribution in [3.63, 3.8) is 0 Å². The summed E-state index contributed by atoms with van der Waals surface area (Å²) in [6, 6.07) is 13.0. The fourth-order valence-electron chi connectivity index (χ4n) is 7.31. The van der Waals surface area contributed by atoms with Crippen LogP contribution in [-0.2, 0) is 16.0 Å². The van der Waals surface area contributed by atoms with Crippen molar-refractivity contribution in [1.29, 1.82) is 0 Å². The fourth-order valence-corrected chi connectivity index (χ4v) is 7.45. The van der Waals surface area contributed by atoms with E-state index in [-0.39, 0.29) is 52.7 Å². The molecule has 4 heterocycles. The summed E-state index contributed by atoms with van der Waals surface area (Å²) in [5, 5.41) is 0.790. The third-order valence-electron chi connectivity index (χ3n) is 9.47. The van der Waals surface area contributed by atoms with E-state index in [0.717, 1.165) is 65.6 Å². The summed E-state index contributed by atoms with van der Waals surface area (Å²) in [7, 11) is 0. The Kier molecular flexibility index (Phi) is 7.15. The van der Waals surface area contributed by atoms with Gasteiger partial charge >= 0.3 is 0 Å². The number of aromatic nitrogens is 1. The molecule has 0 aliphatic carbocycles. The summed E-state index contributed by atoms with van der Waals surface area (Å²) < 4.78 is 27.6. The van der Waals surface area contributed by atoms with Crippen molar-refractivity contribution >= 4 is 28.4 Å². The predicted octanol–water partition coefficient (Wildman–Crippen LogP) is 7.49. The van der Waals surface area contributed by atoms with E-state index in [1.165, 1.54) is 12.1 Å². The number of ether oxygens (including phenoxy) is 2. The number of hydrogen-bond acceptors (Lipinski definition) is 3. The van der Waals surface area contributed by atoms with Gasteiger partial charge in [-0.1, -0.05) is 18.2 Å². The number of amides is 1.